The van der Waals surface area contributed by atoms with E-state index in [0.717, 1.165) is 0 Å². The van der Waals surface area contributed by atoms with Crippen molar-refractivity contribution in [2.45, 2.75) is 38.8 Å². The average Bonchev–Trinajstić information content (AvgIpc) is 2.67. The van der Waals surface area contributed by atoms with Crippen LogP contribution in [0.4, 0.5) is 0 Å². The van der Waals surface area contributed by atoms with Crippen molar-refractivity contribution in [3.63, 3.8) is 0 Å². The molecule has 2 unspecified atom stereocenters. The van der Waals surface area contributed by atoms with Crippen molar-refractivity contribution >= 4 is 23.9 Å². The van der Waals surface area contributed by atoms with E-state index in [9.17, 15) is 39.6 Å². The van der Waals surface area contributed by atoms with Gasteiger partial charge < -0.3 is 20.4 Å². The van der Waals surface area contributed by atoms with Crippen molar-refractivity contribution in [1.29, 1.82) is 0 Å². The van der Waals surface area contributed by atoms with Crippen molar-refractivity contribution in [2.75, 3.05) is 65.4 Å². The number of hydrogen-bond donors (Lipinski definition) is 4. The minimum atomic E-state index is -0.983. The van der Waals surface area contributed by atoms with Crippen LogP contribution in [0.15, 0.2) is 0 Å². The molecular formula is C20H36N4O8. The van der Waals surface area contributed by atoms with E-state index >= 15 is 0 Å². The molecule has 0 aliphatic carbocycles. The van der Waals surface area contributed by atoms with Crippen LogP contribution in [-0.4, -0.2) is 141 Å². The Hall–Kier alpha value is -2.28. The molecule has 0 bridgehead atoms. The van der Waals surface area contributed by atoms with Gasteiger partial charge in [0.15, 0.2) is 0 Å². The molecule has 0 aromatic carbocycles. The van der Waals surface area contributed by atoms with E-state index in [2.05, 4.69) is 0 Å². The zero-order valence-corrected chi connectivity index (χ0v) is 18.9. The Morgan fingerprint density at radius 1 is 0.562 bits per heavy atom. The summed E-state index contributed by atoms with van der Waals surface area (Å²) in [6.45, 7) is 5.23. The van der Waals surface area contributed by atoms with Gasteiger partial charge in [-0.15, -0.1) is 0 Å². The highest BCUT2D eigenvalue weighted by atomic mass is 16.4. The van der Waals surface area contributed by atoms with Gasteiger partial charge in [0.05, 0.1) is 26.2 Å². The van der Waals surface area contributed by atoms with Gasteiger partial charge in [-0.2, -0.15) is 0 Å². The summed E-state index contributed by atoms with van der Waals surface area (Å²) in [4.78, 5) is 52.3. The van der Waals surface area contributed by atoms with Gasteiger partial charge in [0.2, 0.25) is 0 Å². The molecule has 4 N–H and O–H groups in total. The Morgan fingerprint density at radius 2 is 0.875 bits per heavy atom. The van der Waals surface area contributed by atoms with Crippen LogP contribution in [0.5, 0.6) is 0 Å². The maximum atomic E-state index is 11.3. The van der Waals surface area contributed by atoms with Crippen LogP contribution in [0.25, 0.3) is 0 Å². The van der Waals surface area contributed by atoms with E-state index in [1.807, 2.05) is 13.8 Å². The zero-order valence-electron chi connectivity index (χ0n) is 18.9. The van der Waals surface area contributed by atoms with Crippen molar-refractivity contribution in [2.24, 2.45) is 0 Å². The highest BCUT2D eigenvalue weighted by molar-refractivity contribution is 5.70. The fourth-order valence-electron chi connectivity index (χ4n) is 3.82. The van der Waals surface area contributed by atoms with E-state index in [-0.39, 0.29) is 38.3 Å². The molecule has 32 heavy (non-hydrogen) atoms. The summed E-state index contributed by atoms with van der Waals surface area (Å²) in [6, 6.07) is -0.322. The standard InChI is InChI=1S/C20H36N4O8/c1-15-3-5-21(11-17(25)26)8-10-24(14-20(31)32)16(2)4-6-22(12-18(27)28)7-9-23(15)13-19(29)30/h15-16H,3-14H2,1-2H3,(H,25,26)(H,27,28)(H,29,30)(H,31,32). The minimum Gasteiger partial charge on any atom is -0.480 e. The Labute approximate surface area is 188 Å². The predicted octanol–water partition coefficient (Wildman–Crippen LogP) is -0.896. The molecule has 1 saturated heterocycles. The van der Waals surface area contributed by atoms with Gasteiger partial charge in [0.25, 0.3) is 0 Å². The summed E-state index contributed by atoms with van der Waals surface area (Å²) in [5, 5.41) is 37.1. The number of carboxylic acid groups (broad SMARTS) is 4. The molecule has 12 nitrogen and oxygen atoms in total. The van der Waals surface area contributed by atoms with E-state index in [1.54, 1.807) is 19.6 Å². The fourth-order valence-corrected chi connectivity index (χ4v) is 3.82. The Balaban J connectivity index is 3.07. The smallest absolute Gasteiger partial charge is 0.317 e. The number of hydrogen-bond acceptors (Lipinski definition) is 8. The number of aliphatic carboxylic acids is 4. The number of nitrogens with zero attached hydrogens (tertiary/aromatic N) is 4. The molecule has 0 saturated carbocycles. The van der Waals surface area contributed by atoms with Crippen LogP contribution >= 0.6 is 0 Å². The topological polar surface area (TPSA) is 162 Å². The van der Waals surface area contributed by atoms with E-state index in [4.69, 9.17) is 0 Å². The summed E-state index contributed by atoms with van der Waals surface area (Å²) >= 11 is 0. The third-order valence-electron chi connectivity index (χ3n) is 5.77. The summed E-state index contributed by atoms with van der Waals surface area (Å²) in [5.41, 5.74) is 0. The monoisotopic (exact) mass is 460 g/mol. The summed E-state index contributed by atoms with van der Waals surface area (Å²) in [6.07, 6.45) is 1.04. The minimum absolute atomic E-state index is 0.161. The van der Waals surface area contributed by atoms with E-state index in [1.165, 1.54) is 0 Å². The van der Waals surface area contributed by atoms with Crippen molar-refractivity contribution < 1.29 is 39.6 Å². The Kier molecular flexibility index (Phi) is 12.1. The fraction of sp³-hybridized carbons (Fsp3) is 0.800. The van der Waals surface area contributed by atoms with Crippen LogP contribution in [0.2, 0.25) is 0 Å². The predicted molar refractivity (Wildman–Crippen MR) is 115 cm³/mol. The lowest BCUT2D eigenvalue weighted by atomic mass is 10.1. The van der Waals surface area contributed by atoms with Crippen LogP contribution in [0.1, 0.15) is 26.7 Å². The molecule has 0 spiro atoms. The van der Waals surface area contributed by atoms with Gasteiger partial charge in [0, 0.05) is 51.4 Å². The second-order valence-electron chi connectivity index (χ2n) is 8.34. The molecule has 1 fully saturated rings. The maximum Gasteiger partial charge on any atom is 0.317 e. The largest absolute Gasteiger partial charge is 0.480 e. The second kappa shape index (κ2) is 14.0. The van der Waals surface area contributed by atoms with Crippen molar-refractivity contribution in [3.05, 3.63) is 0 Å². The van der Waals surface area contributed by atoms with Crippen LogP contribution in [0.3, 0.4) is 0 Å². The van der Waals surface area contributed by atoms with Crippen LogP contribution in [0, 0.1) is 0 Å². The molecule has 1 rings (SSSR count). The normalized spacial score (nSPS) is 23.9. The first-order chi connectivity index (χ1) is 15.0. The molecule has 0 amide bonds. The molecule has 1 aliphatic heterocycles. The van der Waals surface area contributed by atoms with Gasteiger partial charge in [0.1, 0.15) is 0 Å². The molecule has 0 aromatic heterocycles. The van der Waals surface area contributed by atoms with Gasteiger partial charge in [-0.1, -0.05) is 0 Å². The van der Waals surface area contributed by atoms with Gasteiger partial charge in [-0.3, -0.25) is 38.8 Å². The highest BCUT2D eigenvalue weighted by Gasteiger charge is 2.24. The molecular weight excluding hydrogens is 424 g/mol. The van der Waals surface area contributed by atoms with E-state index < -0.39 is 23.9 Å². The lowest BCUT2D eigenvalue weighted by molar-refractivity contribution is -0.141. The maximum absolute atomic E-state index is 11.3. The quantitative estimate of drug-likeness (QED) is 0.354. The summed E-state index contributed by atoms with van der Waals surface area (Å²) in [7, 11) is 0. The van der Waals surface area contributed by atoms with Gasteiger partial charge in [-0.05, 0) is 26.7 Å². The SMILES string of the molecule is CC1CCN(CC(=O)O)CCN(CC(=O)O)C(C)CCN(CC(=O)O)CCN1CC(=O)O. The Bertz CT molecular complexity index is 593. The number of carboxylic acids is 4. The van der Waals surface area contributed by atoms with Crippen LogP contribution < -0.4 is 0 Å². The molecule has 1 heterocycles. The van der Waals surface area contributed by atoms with Gasteiger partial charge in [-0.25, -0.2) is 0 Å². The number of carbonyl (C=O) groups is 4. The molecule has 0 aromatic rings. The first-order valence-electron chi connectivity index (χ1n) is 10.8. The third-order valence-corrected chi connectivity index (χ3v) is 5.77. The lowest BCUT2D eigenvalue weighted by Gasteiger charge is -2.35. The molecule has 1 aliphatic rings. The van der Waals surface area contributed by atoms with Crippen molar-refractivity contribution in [3.8, 4) is 0 Å². The third kappa shape index (κ3) is 11.4. The van der Waals surface area contributed by atoms with Crippen LogP contribution in [-0.2, 0) is 19.2 Å². The lowest BCUT2D eigenvalue weighted by Crippen LogP contribution is -2.48. The molecule has 0 radical (unpaired) electrons. The second-order valence-corrected chi connectivity index (χ2v) is 8.34. The number of rotatable bonds is 8. The van der Waals surface area contributed by atoms with Crippen molar-refractivity contribution in [1.82, 2.24) is 19.6 Å². The molecule has 12 heteroatoms. The summed E-state index contributed by atoms with van der Waals surface area (Å²) in [5.74, 6) is -3.93. The summed E-state index contributed by atoms with van der Waals surface area (Å²) < 4.78 is 0. The van der Waals surface area contributed by atoms with E-state index in [0.29, 0.717) is 52.1 Å². The zero-order chi connectivity index (χ0) is 24.3. The molecule has 2 atom stereocenters. The Morgan fingerprint density at radius 3 is 1.16 bits per heavy atom. The first-order valence-corrected chi connectivity index (χ1v) is 10.8. The average molecular weight is 461 g/mol. The first kappa shape index (κ1) is 27.8. The molecule has 184 valence electrons. The van der Waals surface area contributed by atoms with Gasteiger partial charge >= 0.3 is 23.9 Å². The highest BCUT2D eigenvalue weighted by Crippen LogP contribution is 2.11.